The van der Waals surface area contributed by atoms with Crippen LogP contribution < -0.4 is 0 Å². The van der Waals surface area contributed by atoms with Gasteiger partial charge in [0.05, 0.1) is 23.6 Å². The summed E-state index contributed by atoms with van der Waals surface area (Å²) in [4.78, 5) is 15.0. The molecule has 0 aromatic carbocycles. The minimum atomic E-state index is -3.58. The molecule has 1 atom stereocenters. The molecule has 1 aliphatic rings. The lowest BCUT2D eigenvalue weighted by molar-refractivity contribution is 0.378. The summed E-state index contributed by atoms with van der Waals surface area (Å²) in [7, 11) is 0.344. The van der Waals surface area contributed by atoms with Crippen molar-refractivity contribution in [3.63, 3.8) is 0 Å². The smallest absolute Gasteiger partial charge is 0.245 e. The lowest BCUT2D eigenvalue weighted by Crippen LogP contribution is -2.31. The SMILES string of the molecule is CN(C)Cc1cncc([C@@H]2CCCN2S(=O)(=O)c2cccnc2)n1. The number of hydrogen-bond acceptors (Lipinski definition) is 6. The van der Waals surface area contributed by atoms with E-state index in [0.29, 0.717) is 18.8 Å². The van der Waals surface area contributed by atoms with Gasteiger partial charge in [-0.1, -0.05) is 0 Å². The normalized spacial score (nSPS) is 19.0. The molecule has 0 amide bonds. The van der Waals surface area contributed by atoms with E-state index < -0.39 is 10.0 Å². The van der Waals surface area contributed by atoms with Gasteiger partial charge in [0.25, 0.3) is 0 Å². The van der Waals surface area contributed by atoms with Crippen molar-refractivity contribution in [3.05, 3.63) is 48.3 Å². The van der Waals surface area contributed by atoms with E-state index in [1.165, 1.54) is 10.5 Å². The van der Waals surface area contributed by atoms with Gasteiger partial charge >= 0.3 is 0 Å². The number of pyridine rings is 1. The molecule has 0 unspecified atom stereocenters. The van der Waals surface area contributed by atoms with Gasteiger partial charge in [-0.05, 0) is 39.1 Å². The summed E-state index contributed by atoms with van der Waals surface area (Å²) in [6.07, 6.45) is 7.90. The third-order valence-electron chi connectivity index (χ3n) is 3.97. The van der Waals surface area contributed by atoms with Gasteiger partial charge in [0.1, 0.15) is 4.90 Å². The van der Waals surface area contributed by atoms with Gasteiger partial charge in [-0.15, -0.1) is 0 Å². The zero-order chi connectivity index (χ0) is 17.2. The summed E-state index contributed by atoms with van der Waals surface area (Å²) in [5, 5.41) is 0. The van der Waals surface area contributed by atoms with Crippen LogP contribution in [0.1, 0.15) is 30.3 Å². The number of rotatable bonds is 5. The molecule has 2 aromatic rings. The van der Waals surface area contributed by atoms with Gasteiger partial charge in [-0.2, -0.15) is 4.31 Å². The van der Waals surface area contributed by atoms with Crippen LogP contribution in [0.4, 0.5) is 0 Å². The minimum absolute atomic E-state index is 0.217. The van der Waals surface area contributed by atoms with E-state index in [1.807, 2.05) is 19.0 Å². The van der Waals surface area contributed by atoms with E-state index in [-0.39, 0.29) is 10.9 Å². The maximum absolute atomic E-state index is 12.9. The summed E-state index contributed by atoms with van der Waals surface area (Å²) in [6.45, 7) is 1.16. The number of aromatic nitrogens is 3. The fourth-order valence-electron chi connectivity index (χ4n) is 2.94. The summed E-state index contributed by atoms with van der Waals surface area (Å²) in [5.74, 6) is 0. The Kier molecular flexibility index (Phi) is 4.88. The summed E-state index contributed by atoms with van der Waals surface area (Å²) < 4.78 is 27.3. The van der Waals surface area contributed by atoms with Gasteiger partial charge in [0, 0.05) is 31.7 Å². The molecule has 0 radical (unpaired) electrons. The predicted octanol–water partition coefficient (Wildman–Crippen LogP) is 1.46. The average molecular weight is 347 g/mol. The molecule has 0 spiro atoms. The summed E-state index contributed by atoms with van der Waals surface area (Å²) >= 11 is 0. The first kappa shape index (κ1) is 16.9. The van der Waals surface area contributed by atoms with E-state index in [9.17, 15) is 8.42 Å². The zero-order valence-corrected chi connectivity index (χ0v) is 14.6. The zero-order valence-electron chi connectivity index (χ0n) is 13.8. The Bertz CT molecular complexity index is 795. The Morgan fingerprint density at radius 2 is 2.08 bits per heavy atom. The van der Waals surface area contributed by atoms with Crippen molar-refractivity contribution in [3.8, 4) is 0 Å². The Morgan fingerprint density at radius 1 is 1.25 bits per heavy atom. The number of nitrogens with zero attached hydrogens (tertiary/aromatic N) is 5. The third kappa shape index (κ3) is 3.45. The van der Waals surface area contributed by atoms with Crippen molar-refractivity contribution < 1.29 is 8.42 Å². The van der Waals surface area contributed by atoms with Crippen molar-refractivity contribution in [1.82, 2.24) is 24.2 Å². The van der Waals surface area contributed by atoms with Crippen LogP contribution in [0, 0.1) is 0 Å². The highest BCUT2D eigenvalue weighted by atomic mass is 32.2. The first-order valence-electron chi connectivity index (χ1n) is 7.86. The van der Waals surface area contributed by atoms with Gasteiger partial charge < -0.3 is 4.90 Å². The van der Waals surface area contributed by atoms with Gasteiger partial charge in [-0.3, -0.25) is 15.0 Å². The molecule has 8 heteroatoms. The quantitative estimate of drug-likeness (QED) is 0.815. The first-order valence-corrected chi connectivity index (χ1v) is 9.30. The third-order valence-corrected chi connectivity index (χ3v) is 5.86. The Balaban J connectivity index is 1.91. The predicted molar refractivity (Wildman–Crippen MR) is 89.5 cm³/mol. The lowest BCUT2D eigenvalue weighted by Gasteiger charge is -2.23. The Hall–Kier alpha value is -1.90. The average Bonchev–Trinajstić information content (AvgIpc) is 3.06. The van der Waals surface area contributed by atoms with Crippen molar-refractivity contribution in [2.24, 2.45) is 0 Å². The van der Waals surface area contributed by atoms with Crippen LogP contribution in [-0.4, -0.2) is 53.2 Å². The molecule has 3 rings (SSSR count). The fraction of sp³-hybridized carbons (Fsp3) is 0.438. The second-order valence-electron chi connectivity index (χ2n) is 6.14. The second-order valence-corrected chi connectivity index (χ2v) is 8.03. The lowest BCUT2D eigenvalue weighted by atomic mass is 10.1. The maximum atomic E-state index is 12.9. The molecule has 128 valence electrons. The van der Waals surface area contributed by atoms with Gasteiger partial charge in [0.2, 0.25) is 10.0 Å². The van der Waals surface area contributed by atoms with E-state index in [0.717, 1.165) is 18.5 Å². The van der Waals surface area contributed by atoms with E-state index in [4.69, 9.17) is 0 Å². The van der Waals surface area contributed by atoms with E-state index in [2.05, 4.69) is 15.0 Å². The molecule has 1 fully saturated rings. The van der Waals surface area contributed by atoms with Crippen molar-refractivity contribution >= 4 is 10.0 Å². The summed E-state index contributed by atoms with van der Waals surface area (Å²) in [6, 6.07) is 2.94. The molecular weight excluding hydrogens is 326 g/mol. The van der Waals surface area contributed by atoms with E-state index >= 15 is 0 Å². The Labute approximate surface area is 142 Å². The molecular formula is C16H21N5O2S. The molecule has 7 nitrogen and oxygen atoms in total. The number of sulfonamides is 1. The highest BCUT2D eigenvalue weighted by Crippen LogP contribution is 2.35. The van der Waals surface area contributed by atoms with Crippen LogP contribution in [0.5, 0.6) is 0 Å². The van der Waals surface area contributed by atoms with E-state index in [1.54, 1.807) is 30.7 Å². The second kappa shape index (κ2) is 6.92. The van der Waals surface area contributed by atoms with Crippen molar-refractivity contribution in [2.75, 3.05) is 20.6 Å². The highest BCUT2D eigenvalue weighted by Gasteiger charge is 2.37. The largest absolute Gasteiger partial charge is 0.304 e. The molecule has 0 aliphatic carbocycles. The van der Waals surface area contributed by atoms with Crippen LogP contribution in [0.2, 0.25) is 0 Å². The highest BCUT2D eigenvalue weighted by molar-refractivity contribution is 7.89. The van der Waals surface area contributed by atoms with Crippen LogP contribution >= 0.6 is 0 Å². The molecule has 0 N–H and O–H groups in total. The van der Waals surface area contributed by atoms with Crippen molar-refractivity contribution in [2.45, 2.75) is 30.3 Å². The van der Waals surface area contributed by atoms with Crippen LogP contribution in [0.3, 0.4) is 0 Å². The van der Waals surface area contributed by atoms with Crippen LogP contribution in [0.15, 0.2) is 41.8 Å². The molecule has 1 aliphatic heterocycles. The molecule has 0 saturated carbocycles. The standard InChI is InChI=1S/C16H21N5O2S/c1-20(2)12-13-9-18-11-15(19-13)16-6-4-8-21(16)24(22,23)14-5-3-7-17-10-14/h3,5,7,9-11,16H,4,6,8,12H2,1-2H3/t16-/m0/s1. The first-order chi connectivity index (χ1) is 11.5. The Morgan fingerprint density at radius 3 is 2.79 bits per heavy atom. The van der Waals surface area contributed by atoms with Gasteiger partial charge in [-0.25, -0.2) is 8.42 Å². The topological polar surface area (TPSA) is 79.3 Å². The monoisotopic (exact) mass is 347 g/mol. The molecule has 24 heavy (non-hydrogen) atoms. The van der Waals surface area contributed by atoms with Crippen LogP contribution in [-0.2, 0) is 16.6 Å². The van der Waals surface area contributed by atoms with Gasteiger partial charge in [0.15, 0.2) is 0 Å². The fourth-order valence-corrected chi connectivity index (χ4v) is 4.58. The molecule has 3 heterocycles. The minimum Gasteiger partial charge on any atom is -0.304 e. The summed E-state index contributed by atoms with van der Waals surface area (Å²) in [5.41, 5.74) is 1.54. The van der Waals surface area contributed by atoms with Crippen molar-refractivity contribution in [1.29, 1.82) is 0 Å². The maximum Gasteiger partial charge on any atom is 0.245 e. The number of hydrogen-bond donors (Lipinski definition) is 0. The molecule has 2 aromatic heterocycles. The van der Waals surface area contributed by atoms with Crippen LogP contribution in [0.25, 0.3) is 0 Å². The molecule has 0 bridgehead atoms. The molecule has 1 saturated heterocycles.